The van der Waals surface area contributed by atoms with E-state index in [1.807, 2.05) is 26.0 Å². The first-order valence-corrected chi connectivity index (χ1v) is 6.37. The van der Waals surface area contributed by atoms with E-state index in [-0.39, 0.29) is 0 Å². The van der Waals surface area contributed by atoms with Crippen LogP contribution in [-0.4, -0.2) is 6.54 Å². The molecule has 1 aliphatic rings. The van der Waals surface area contributed by atoms with Gasteiger partial charge in [-0.05, 0) is 50.3 Å². The van der Waals surface area contributed by atoms with Crippen molar-refractivity contribution < 1.29 is 0 Å². The smallest absolute Gasteiger partial charge is 0.0766 e. The highest BCUT2D eigenvalue weighted by atomic mass is 14.9. The summed E-state index contributed by atoms with van der Waals surface area (Å²) in [6, 6.07) is 10.6. The minimum absolute atomic E-state index is 0.396. The first kappa shape index (κ1) is 12.0. The molecule has 2 heteroatoms. The summed E-state index contributed by atoms with van der Waals surface area (Å²) in [4.78, 5) is 0. The van der Waals surface area contributed by atoms with Crippen molar-refractivity contribution in [3.63, 3.8) is 0 Å². The van der Waals surface area contributed by atoms with Crippen LogP contribution in [0.15, 0.2) is 24.3 Å². The van der Waals surface area contributed by atoms with Crippen LogP contribution < -0.4 is 5.32 Å². The molecule has 0 saturated heterocycles. The molecule has 0 spiro atoms. The van der Waals surface area contributed by atoms with Gasteiger partial charge in [0.1, 0.15) is 0 Å². The molecule has 2 rings (SSSR count). The number of benzene rings is 1. The standard InChI is InChI=1S/C15H20N2/c1-15(2,11-16)13-6-8-14(9-7-13)17-10-12-4-3-5-12/h6-9,12,17H,3-5,10H2,1-2H3. The van der Waals surface area contributed by atoms with Crippen molar-refractivity contribution in [3.8, 4) is 6.07 Å². The molecule has 1 fully saturated rings. The van der Waals surface area contributed by atoms with Crippen molar-refractivity contribution in [1.82, 2.24) is 0 Å². The van der Waals surface area contributed by atoms with Crippen LogP contribution in [0, 0.1) is 17.2 Å². The average Bonchev–Trinajstić information content (AvgIpc) is 2.28. The van der Waals surface area contributed by atoms with Gasteiger partial charge < -0.3 is 5.32 Å². The predicted octanol–water partition coefficient (Wildman–Crippen LogP) is 3.70. The molecule has 17 heavy (non-hydrogen) atoms. The number of anilines is 1. The minimum atomic E-state index is -0.396. The monoisotopic (exact) mass is 228 g/mol. The fourth-order valence-electron chi connectivity index (χ4n) is 2.03. The van der Waals surface area contributed by atoms with Crippen molar-refractivity contribution in [2.45, 2.75) is 38.5 Å². The zero-order valence-electron chi connectivity index (χ0n) is 10.7. The van der Waals surface area contributed by atoms with Crippen molar-refractivity contribution in [2.75, 3.05) is 11.9 Å². The van der Waals surface area contributed by atoms with Crippen LogP contribution in [0.1, 0.15) is 38.7 Å². The lowest BCUT2D eigenvalue weighted by Crippen LogP contribution is -2.21. The van der Waals surface area contributed by atoms with E-state index in [4.69, 9.17) is 5.26 Å². The van der Waals surface area contributed by atoms with Crippen LogP contribution in [0.5, 0.6) is 0 Å². The lowest BCUT2D eigenvalue weighted by molar-refractivity contribution is 0.333. The normalized spacial score (nSPS) is 16.1. The predicted molar refractivity (Wildman–Crippen MR) is 70.9 cm³/mol. The summed E-state index contributed by atoms with van der Waals surface area (Å²) in [6.45, 7) is 4.98. The quantitative estimate of drug-likeness (QED) is 0.853. The summed E-state index contributed by atoms with van der Waals surface area (Å²) in [5, 5.41) is 12.5. The molecule has 1 aromatic carbocycles. The van der Waals surface area contributed by atoms with E-state index in [0.29, 0.717) is 0 Å². The lowest BCUT2D eigenvalue weighted by atomic mass is 9.85. The second kappa shape index (κ2) is 4.79. The van der Waals surface area contributed by atoms with Crippen LogP contribution in [-0.2, 0) is 5.41 Å². The highest BCUT2D eigenvalue weighted by Crippen LogP contribution is 2.27. The molecule has 90 valence electrons. The lowest BCUT2D eigenvalue weighted by Gasteiger charge is -2.26. The van der Waals surface area contributed by atoms with E-state index >= 15 is 0 Å². The number of nitrogens with zero attached hydrogens (tertiary/aromatic N) is 1. The van der Waals surface area contributed by atoms with Crippen molar-refractivity contribution in [2.24, 2.45) is 5.92 Å². The Bertz CT molecular complexity index is 408. The second-order valence-electron chi connectivity index (χ2n) is 5.49. The van der Waals surface area contributed by atoms with E-state index < -0.39 is 5.41 Å². The van der Waals surface area contributed by atoms with E-state index in [1.165, 1.54) is 19.3 Å². The third-order valence-electron chi connectivity index (χ3n) is 3.71. The van der Waals surface area contributed by atoms with E-state index in [1.54, 1.807) is 0 Å². The zero-order chi connectivity index (χ0) is 12.3. The van der Waals surface area contributed by atoms with Gasteiger partial charge in [0.15, 0.2) is 0 Å². The number of nitriles is 1. The third kappa shape index (κ3) is 2.79. The number of hydrogen-bond acceptors (Lipinski definition) is 2. The van der Waals surface area contributed by atoms with E-state index in [9.17, 15) is 0 Å². The Balaban J connectivity index is 1.95. The van der Waals surface area contributed by atoms with Crippen LogP contribution >= 0.6 is 0 Å². The van der Waals surface area contributed by atoms with Crippen LogP contribution in [0.4, 0.5) is 5.69 Å². The number of rotatable bonds is 4. The fraction of sp³-hybridized carbons (Fsp3) is 0.533. The van der Waals surface area contributed by atoms with Crippen LogP contribution in [0.2, 0.25) is 0 Å². The van der Waals surface area contributed by atoms with Crippen LogP contribution in [0.25, 0.3) is 0 Å². The van der Waals surface area contributed by atoms with Gasteiger partial charge in [-0.1, -0.05) is 18.6 Å². The summed E-state index contributed by atoms with van der Waals surface area (Å²) in [5.74, 6) is 0.866. The molecule has 2 nitrogen and oxygen atoms in total. The summed E-state index contributed by atoms with van der Waals surface area (Å²) >= 11 is 0. The largest absolute Gasteiger partial charge is 0.385 e. The highest BCUT2D eigenvalue weighted by Gasteiger charge is 2.19. The first-order valence-electron chi connectivity index (χ1n) is 6.37. The zero-order valence-corrected chi connectivity index (χ0v) is 10.7. The molecule has 0 heterocycles. The molecule has 1 aliphatic carbocycles. The first-order chi connectivity index (χ1) is 8.12. The van der Waals surface area contributed by atoms with Gasteiger partial charge >= 0.3 is 0 Å². The Morgan fingerprint density at radius 1 is 1.29 bits per heavy atom. The molecule has 0 bridgehead atoms. The minimum Gasteiger partial charge on any atom is -0.385 e. The topological polar surface area (TPSA) is 35.8 Å². The molecule has 0 aromatic heterocycles. The maximum absolute atomic E-state index is 9.07. The van der Waals surface area contributed by atoms with Crippen LogP contribution in [0.3, 0.4) is 0 Å². The van der Waals surface area contributed by atoms with E-state index in [2.05, 4.69) is 23.5 Å². The molecule has 1 saturated carbocycles. The Hall–Kier alpha value is -1.49. The molecule has 0 radical (unpaired) electrons. The highest BCUT2D eigenvalue weighted by molar-refractivity contribution is 5.47. The summed E-state index contributed by atoms with van der Waals surface area (Å²) in [5.41, 5.74) is 1.84. The van der Waals surface area contributed by atoms with Gasteiger partial charge in [0.05, 0.1) is 11.5 Å². The Morgan fingerprint density at radius 2 is 1.94 bits per heavy atom. The summed E-state index contributed by atoms with van der Waals surface area (Å²) in [7, 11) is 0. The number of nitrogens with one attached hydrogen (secondary N) is 1. The maximum atomic E-state index is 9.07. The van der Waals surface area contributed by atoms with Crippen molar-refractivity contribution in [3.05, 3.63) is 29.8 Å². The van der Waals surface area contributed by atoms with Gasteiger partial charge in [0.2, 0.25) is 0 Å². The number of hydrogen-bond donors (Lipinski definition) is 1. The van der Waals surface area contributed by atoms with Crippen molar-refractivity contribution in [1.29, 1.82) is 5.26 Å². The Morgan fingerprint density at radius 3 is 2.41 bits per heavy atom. The molecular weight excluding hydrogens is 208 g/mol. The SMILES string of the molecule is CC(C)(C#N)c1ccc(NCC2CCC2)cc1. The summed E-state index contributed by atoms with van der Waals surface area (Å²) in [6.07, 6.45) is 4.13. The van der Waals surface area contributed by atoms with Gasteiger partial charge in [-0.15, -0.1) is 0 Å². The molecule has 0 aliphatic heterocycles. The average molecular weight is 228 g/mol. The molecule has 1 N–H and O–H groups in total. The Labute approximate surface area is 104 Å². The summed E-state index contributed by atoms with van der Waals surface area (Å²) < 4.78 is 0. The fourth-order valence-corrected chi connectivity index (χ4v) is 2.03. The Kier molecular flexibility index (Phi) is 3.38. The van der Waals surface area contributed by atoms with Gasteiger partial charge in [0, 0.05) is 12.2 Å². The molecule has 0 unspecified atom stereocenters. The second-order valence-corrected chi connectivity index (χ2v) is 5.49. The van der Waals surface area contributed by atoms with Gasteiger partial charge in [-0.2, -0.15) is 5.26 Å². The molecule has 1 aromatic rings. The molecular formula is C15H20N2. The maximum Gasteiger partial charge on any atom is 0.0766 e. The molecule has 0 amide bonds. The third-order valence-corrected chi connectivity index (χ3v) is 3.71. The van der Waals surface area contributed by atoms with Gasteiger partial charge in [-0.25, -0.2) is 0 Å². The van der Waals surface area contributed by atoms with Crippen molar-refractivity contribution >= 4 is 5.69 Å². The van der Waals surface area contributed by atoms with Gasteiger partial charge in [-0.3, -0.25) is 0 Å². The van der Waals surface area contributed by atoms with Gasteiger partial charge in [0.25, 0.3) is 0 Å². The molecule has 0 atom stereocenters. The van der Waals surface area contributed by atoms with E-state index in [0.717, 1.165) is 23.7 Å².